The second-order valence-electron chi connectivity index (χ2n) is 3.51. The molecule has 2 amide bonds. The number of hydrogen-bond donors (Lipinski definition) is 3. The number of nitrogens with zero attached hydrogens (tertiary/aromatic N) is 1. The number of carbonyl (C=O) groups excluding carboxylic acids is 1. The highest BCUT2D eigenvalue weighted by Crippen LogP contribution is 2.07. The number of carboxylic acids is 1. The predicted molar refractivity (Wildman–Crippen MR) is 63.9 cm³/mol. The number of aryl methyl sites for hydroxylation is 1. The quantitative estimate of drug-likeness (QED) is 0.737. The minimum absolute atomic E-state index is 0.306. The van der Waals surface area contributed by atoms with Crippen molar-refractivity contribution in [1.29, 1.82) is 0 Å². The van der Waals surface area contributed by atoms with Crippen LogP contribution in [-0.2, 0) is 11.3 Å². The molecular weight excluding hydrogens is 242 g/mol. The standard InChI is InChI=1S/C10H15N3O3S/c1-3-7(9(14)15)13-10(16)11-4-8-12-6(2)5-17-8/h5,7H,3-4H2,1-2H3,(H,14,15)(H2,11,13,16). The van der Waals surface area contributed by atoms with Crippen LogP contribution in [-0.4, -0.2) is 28.1 Å². The van der Waals surface area contributed by atoms with Crippen molar-refractivity contribution in [3.8, 4) is 0 Å². The van der Waals surface area contributed by atoms with E-state index in [1.165, 1.54) is 11.3 Å². The molecule has 1 heterocycles. The number of nitrogens with one attached hydrogen (secondary N) is 2. The van der Waals surface area contributed by atoms with Crippen molar-refractivity contribution in [1.82, 2.24) is 15.6 Å². The lowest BCUT2D eigenvalue weighted by Gasteiger charge is -2.12. The van der Waals surface area contributed by atoms with Gasteiger partial charge in [0.25, 0.3) is 0 Å². The monoisotopic (exact) mass is 257 g/mol. The summed E-state index contributed by atoms with van der Waals surface area (Å²) in [7, 11) is 0. The summed E-state index contributed by atoms with van der Waals surface area (Å²) in [4.78, 5) is 26.3. The minimum Gasteiger partial charge on any atom is -0.480 e. The molecule has 1 unspecified atom stereocenters. The molecule has 0 saturated heterocycles. The molecule has 1 aromatic heterocycles. The van der Waals surface area contributed by atoms with Gasteiger partial charge in [-0.3, -0.25) is 0 Å². The van der Waals surface area contributed by atoms with E-state index in [0.717, 1.165) is 10.7 Å². The van der Waals surface area contributed by atoms with Gasteiger partial charge < -0.3 is 15.7 Å². The van der Waals surface area contributed by atoms with Gasteiger partial charge in [0.15, 0.2) is 0 Å². The van der Waals surface area contributed by atoms with Crippen molar-refractivity contribution in [2.45, 2.75) is 32.9 Å². The van der Waals surface area contributed by atoms with E-state index < -0.39 is 18.0 Å². The lowest BCUT2D eigenvalue weighted by Crippen LogP contribution is -2.45. The number of aromatic nitrogens is 1. The van der Waals surface area contributed by atoms with E-state index in [1.807, 2.05) is 12.3 Å². The molecule has 0 bridgehead atoms. The van der Waals surface area contributed by atoms with Gasteiger partial charge in [-0.2, -0.15) is 0 Å². The van der Waals surface area contributed by atoms with Gasteiger partial charge >= 0.3 is 12.0 Å². The van der Waals surface area contributed by atoms with E-state index in [2.05, 4.69) is 15.6 Å². The maximum absolute atomic E-state index is 11.4. The van der Waals surface area contributed by atoms with Crippen LogP contribution in [0.2, 0.25) is 0 Å². The molecule has 0 radical (unpaired) electrons. The smallest absolute Gasteiger partial charge is 0.326 e. The van der Waals surface area contributed by atoms with Gasteiger partial charge in [-0.05, 0) is 13.3 Å². The summed E-state index contributed by atoms with van der Waals surface area (Å²) in [5.74, 6) is -1.03. The first-order valence-electron chi connectivity index (χ1n) is 5.21. The Morgan fingerprint density at radius 3 is 2.76 bits per heavy atom. The van der Waals surface area contributed by atoms with E-state index >= 15 is 0 Å². The number of thiazole rings is 1. The lowest BCUT2D eigenvalue weighted by atomic mass is 10.2. The second-order valence-corrected chi connectivity index (χ2v) is 4.45. The second kappa shape index (κ2) is 6.19. The van der Waals surface area contributed by atoms with Crippen molar-refractivity contribution in [2.75, 3.05) is 0 Å². The van der Waals surface area contributed by atoms with Crippen molar-refractivity contribution in [2.24, 2.45) is 0 Å². The summed E-state index contributed by atoms with van der Waals surface area (Å²) in [5, 5.41) is 16.4. The summed E-state index contributed by atoms with van der Waals surface area (Å²) in [6, 6.07) is -1.35. The summed E-state index contributed by atoms with van der Waals surface area (Å²) in [6.07, 6.45) is 0.346. The van der Waals surface area contributed by atoms with Gasteiger partial charge in [0.2, 0.25) is 0 Å². The first-order chi connectivity index (χ1) is 8.02. The lowest BCUT2D eigenvalue weighted by molar-refractivity contribution is -0.139. The number of carboxylic acid groups (broad SMARTS) is 1. The average Bonchev–Trinajstić information content (AvgIpc) is 2.68. The number of urea groups is 1. The average molecular weight is 257 g/mol. The first kappa shape index (κ1) is 13.4. The number of rotatable bonds is 5. The molecule has 0 aliphatic rings. The van der Waals surface area contributed by atoms with Gasteiger partial charge in [0.1, 0.15) is 11.0 Å². The highest BCUT2D eigenvalue weighted by molar-refractivity contribution is 7.09. The van der Waals surface area contributed by atoms with Gasteiger partial charge in [-0.15, -0.1) is 11.3 Å². The Morgan fingerprint density at radius 2 is 2.29 bits per heavy atom. The minimum atomic E-state index is -1.03. The fraction of sp³-hybridized carbons (Fsp3) is 0.500. The van der Waals surface area contributed by atoms with Crippen molar-refractivity contribution >= 4 is 23.3 Å². The molecule has 0 aliphatic heterocycles. The summed E-state index contributed by atoms with van der Waals surface area (Å²) >= 11 is 1.45. The van der Waals surface area contributed by atoms with Crippen LogP contribution in [0, 0.1) is 6.92 Å². The zero-order chi connectivity index (χ0) is 12.8. The number of carbonyl (C=O) groups is 2. The Kier molecular flexibility index (Phi) is 4.89. The Hall–Kier alpha value is -1.63. The van der Waals surface area contributed by atoms with Crippen molar-refractivity contribution < 1.29 is 14.7 Å². The summed E-state index contributed by atoms with van der Waals surface area (Å²) in [6.45, 7) is 3.88. The Labute approximate surface area is 103 Å². The zero-order valence-electron chi connectivity index (χ0n) is 9.69. The molecule has 0 aromatic carbocycles. The van der Waals surface area contributed by atoms with E-state index in [-0.39, 0.29) is 0 Å². The van der Waals surface area contributed by atoms with Crippen LogP contribution in [0.15, 0.2) is 5.38 Å². The van der Waals surface area contributed by atoms with E-state index in [4.69, 9.17) is 5.11 Å². The maximum atomic E-state index is 11.4. The van der Waals surface area contributed by atoms with Crippen LogP contribution in [0.1, 0.15) is 24.0 Å². The number of amides is 2. The van der Waals surface area contributed by atoms with Crippen LogP contribution < -0.4 is 10.6 Å². The highest BCUT2D eigenvalue weighted by Gasteiger charge is 2.17. The molecule has 6 nitrogen and oxygen atoms in total. The molecule has 7 heteroatoms. The molecule has 94 valence electrons. The van der Waals surface area contributed by atoms with E-state index in [0.29, 0.717) is 13.0 Å². The molecular formula is C10H15N3O3S. The van der Waals surface area contributed by atoms with Crippen molar-refractivity contribution in [3.05, 3.63) is 16.1 Å². The summed E-state index contributed by atoms with van der Waals surface area (Å²) in [5.41, 5.74) is 0.907. The van der Waals surface area contributed by atoms with Gasteiger partial charge in [0, 0.05) is 11.1 Å². The molecule has 17 heavy (non-hydrogen) atoms. The largest absolute Gasteiger partial charge is 0.480 e. The van der Waals surface area contributed by atoms with Crippen LogP contribution in [0.25, 0.3) is 0 Å². The van der Waals surface area contributed by atoms with E-state index in [9.17, 15) is 9.59 Å². The van der Waals surface area contributed by atoms with Crippen LogP contribution in [0.4, 0.5) is 4.79 Å². The van der Waals surface area contributed by atoms with Gasteiger partial charge in [0.05, 0.1) is 6.54 Å². The summed E-state index contributed by atoms with van der Waals surface area (Å²) < 4.78 is 0. The Bertz CT molecular complexity index is 405. The fourth-order valence-electron chi connectivity index (χ4n) is 1.19. The molecule has 0 fully saturated rings. The molecule has 1 atom stereocenters. The van der Waals surface area contributed by atoms with Gasteiger partial charge in [-0.1, -0.05) is 6.92 Å². The third kappa shape index (κ3) is 4.39. The number of hydrogen-bond acceptors (Lipinski definition) is 4. The topological polar surface area (TPSA) is 91.3 Å². The normalized spacial score (nSPS) is 11.9. The Morgan fingerprint density at radius 1 is 1.59 bits per heavy atom. The predicted octanol–water partition coefficient (Wildman–Crippen LogP) is 1.11. The SMILES string of the molecule is CCC(NC(=O)NCc1nc(C)cs1)C(=O)O. The zero-order valence-corrected chi connectivity index (χ0v) is 10.5. The molecule has 0 spiro atoms. The van der Waals surface area contributed by atoms with Gasteiger partial charge in [-0.25, -0.2) is 14.6 Å². The number of aliphatic carboxylic acids is 1. The molecule has 1 rings (SSSR count). The first-order valence-corrected chi connectivity index (χ1v) is 6.09. The third-order valence-corrected chi connectivity index (χ3v) is 3.05. The Balaban J connectivity index is 2.37. The van der Waals surface area contributed by atoms with Crippen LogP contribution in [0.5, 0.6) is 0 Å². The van der Waals surface area contributed by atoms with Crippen LogP contribution in [0.3, 0.4) is 0 Å². The van der Waals surface area contributed by atoms with E-state index in [1.54, 1.807) is 6.92 Å². The van der Waals surface area contributed by atoms with Crippen molar-refractivity contribution in [3.63, 3.8) is 0 Å². The molecule has 1 aromatic rings. The molecule has 3 N–H and O–H groups in total. The highest BCUT2D eigenvalue weighted by atomic mass is 32.1. The third-order valence-electron chi connectivity index (χ3n) is 2.08. The molecule has 0 saturated carbocycles. The molecule has 0 aliphatic carbocycles. The fourth-order valence-corrected chi connectivity index (χ4v) is 1.90. The van der Waals surface area contributed by atoms with Crippen LogP contribution >= 0.6 is 11.3 Å². The maximum Gasteiger partial charge on any atom is 0.326 e.